The minimum absolute atomic E-state index is 0.622. The number of benzene rings is 1. The summed E-state index contributed by atoms with van der Waals surface area (Å²) in [6.45, 7) is 0.778. The number of hydrogen-bond acceptors (Lipinski definition) is 4. The highest BCUT2D eigenvalue weighted by atomic mass is 16.5. The number of rotatable bonds is 4. The zero-order valence-corrected chi connectivity index (χ0v) is 10.6. The molecule has 1 heterocycles. The Morgan fingerprint density at radius 3 is 2.56 bits per heavy atom. The highest BCUT2D eigenvalue weighted by Crippen LogP contribution is 2.17. The van der Waals surface area contributed by atoms with Crippen LogP contribution in [0.15, 0.2) is 42.5 Å². The van der Waals surface area contributed by atoms with Crippen LogP contribution in [0.5, 0.6) is 5.88 Å². The quantitative estimate of drug-likeness (QED) is 0.837. The van der Waals surface area contributed by atoms with E-state index in [2.05, 4.69) is 9.88 Å². The van der Waals surface area contributed by atoms with Crippen LogP contribution in [0.1, 0.15) is 5.56 Å². The predicted molar refractivity (Wildman–Crippen MR) is 73.8 cm³/mol. The van der Waals surface area contributed by atoms with E-state index >= 15 is 0 Å². The van der Waals surface area contributed by atoms with Gasteiger partial charge in [-0.3, -0.25) is 0 Å². The van der Waals surface area contributed by atoms with Crippen LogP contribution in [0, 0.1) is 0 Å². The predicted octanol–water partition coefficient (Wildman–Crippen LogP) is 2.31. The van der Waals surface area contributed by atoms with E-state index in [1.165, 1.54) is 5.56 Å². The smallest absolute Gasteiger partial charge is 0.214 e. The molecule has 0 aliphatic heterocycles. The Kier molecular flexibility index (Phi) is 3.67. The van der Waals surface area contributed by atoms with Crippen molar-refractivity contribution in [2.75, 3.05) is 24.8 Å². The molecule has 0 radical (unpaired) electrons. The molecule has 0 amide bonds. The molecule has 0 unspecified atom stereocenters. The number of methoxy groups -OCH3 is 1. The maximum atomic E-state index is 5.66. The van der Waals surface area contributed by atoms with Crippen LogP contribution in [0.2, 0.25) is 0 Å². The summed E-state index contributed by atoms with van der Waals surface area (Å²) in [7, 11) is 3.62. The minimum Gasteiger partial charge on any atom is -0.481 e. The van der Waals surface area contributed by atoms with E-state index < -0.39 is 0 Å². The minimum atomic E-state index is 0.622. The first kappa shape index (κ1) is 12.2. The topological polar surface area (TPSA) is 51.4 Å². The summed E-state index contributed by atoms with van der Waals surface area (Å²) in [6, 6.07) is 13.6. The summed E-state index contributed by atoms with van der Waals surface area (Å²) in [5.41, 5.74) is 7.63. The van der Waals surface area contributed by atoms with Gasteiger partial charge in [0.05, 0.1) is 7.11 Å². The average molecular weight is 243 g/mol. The molecule has 1 aromatic heterocycles. The fourth-order valence-electron chi connectivity index (χ4n) is 1.71. The van der Waals surface area contributed by atoms with Crippen molar-refractivity contribution in [1.82, 2.24) is 4.98 Å². The highest BCUT2D eigenvalue weighted by molar-refractivity contribution is 5.43. The molecule has 0 aliphatic rings. The Hall–Kier alpha value is -2.23. The normalized spacial score (nSPS) is 10.1. The number of pyridine rings is 1. The van der Waals surface area contributed by atoms with Gasteiger partial charge in [-0.25, -0.2) is 0 Å². The fraction of sp³-hybridized carbons (Fsp3) is 0.214. The van der Waals surface area contributed by atoms with Gasteiger partial charge in [0.15, 0.2) is 0 Å². The molecule has 1 aromatic carbocycles. The van der Waals surface area contributed by atoms with Crippen LogP contribution in [-0.2, 0) is 6.54 Å². The first-order valence-corrected chi connectivity index (χ1v) is 5.75. The van der Waals surface area contributed by atoms with E-state index in [0.29, 0.717) is 5.88 Å². The van der Waals surface area contributed by atoms with Crippen LogP contribution in [0.25, 0.3) is 0 Å². The Bertz CT molecular complexity index is 511. The van der Waals surface area contributed by atoms with Gasteiger partial charge in [-0.1, -0.05) is 18.2 Å². The number of nitrogen functional groups attached to an aromatic ring is 1. The molecule has 2 aromatic rings. The Balaban J connectivity index is 2.11. The third-order valence-electron chi connectivity index (χ3n) is 2.71. The van der Waals surface area contributed by atoms with Crippen molar-refractivity contribution >= 4 is 11.5 Å². The number of nitrogens with two attached hydrogens (primary N) is 1. The maximum absolute atomic E-state index is 5.66. The van der Waals surface area contributed by atoms with Crippen LogP contribution < -0.4 is 15.4 Å². The lowest BCUT2D eigenvalue weighted by Gasteiger charge is -2.18. The lowest BCUT2D eigenvalue weighted by molar-refractivity contribution is 0.398. The largest absolute Gasteiger partial charge is 0.481 e. The summed E-state index contributed by atoms with van der Waals surface area (Å²) in [6.07, 6.45) is 0. The van der Waals surface area contributed by atoms with E-state index in [-0.39, 0.29) is 0 Å². The van der Waals surface area contributed by atoms with Crippen molar-refractivity contribution in [3.8, 4) is 5.88 Å². The molecule has 0 aliphatic carbocycles. The van der Waals surface area contributed by atoms with E-state index in [1.54, 1.807) is 7.11 Å². The van der Waals surface area contributed by atoms with Crippen LogP contribution in [-0.4, -0.2) is 19.1 Å². The van der Waals surface area contributed by atoms with Gasteiger partial charge in [-0.05, 0) is 23.8 Å². The van der Waals surface area contributed by atoms with Gasteiger partial charge >= 0.3 is 0 Å². The molecule has 18 heavy (non-hydrogen) atoms. The average Bonchev–Trinajstić information content (AvgIpc) is 2.41. The second-order valence-electron chi connectivity index (χ2n) is 4.14. The summed E-state index contributed by atoms with van der Waals surface area (Å²) in [5.74, 6) is 1.50. The lowest BCUT2D eigenvalue weighted by atomic mass is 10.2. The van der Waals surface area contributed by atoms with Crippen LogP contribution in [0.3, 0.4) is 0 Å². The van der Waals surface area contributed by atoms with Crippen molar-refractivity contribution in [1.29, 1.82) is 0 Å². The summed E-state index contributed by atoms with van der Waals surface area (Å²) in [5, 5.41) is 0. The van der Waals surface area contributed by atoms with Crippen LogP contribution in [0.4, 0.5) is 11.5 Å². The zero-order valence-electron chi connectivity index (χ0n) is 10.6. The standard InChI is InChI=1S/C14H17N3O/c1-17(10-11-6-8-12(15)9-7-11)13-4-3-5-14(16-13)18-2/h3-9H,10,15H2,1-2H3. The summed E-state index contributed by atoms with van der Waals surface area (Å²) in [4.78, 5) is 6.45. The molecule has 0 atom stereocenters. The molecule has 0 saturated heterocycles. The molecule has 0 bridgehead atoms. The molecule has 4 heteroatoms. The lowest BCUT2D eigenvalue weighted by Crippen LogP contribution is -2.17. The summed E-state index contributed by atoms with van der Waals surface area (Å²) < 4.78 is 5.12. The van der Waals surface area contributed by atoms with Gasteiger partial charge < -0.3 is 15.4 Å². The molecular formula is C14H17N3O. The zero-order chi connectivity index (χ0) is 13.0. The fourth-order valence-corrected chi connectivity index (χ4v) is 1.71. The molecule has 0 fully saturated rings. The Morgan fingerprint density at radius 1 is 1.17 bits per heavy atom. The molecule has 0 spiro atoms. The van der Waals surface area contributed by atoms with Gasteiger partial charge in [-0.15, -0.1) is 0 Å². The Labute approximate surface area is 107 Å². The van der Waals surface area contributed by atoms with Gasteiger partial charge in [0.1, 0.15) is 5.82 Å². The monoisotopic (exact) mass is 243 g/mol. The van der Waals surface area contributed by atoms with Crippen molar-refractivity contribution < 1.29 is 4.74 Å². The van der Waals surface area contributed by atoms with E-state index in [9.17, 15) is 0 Å². The molecular weight excluding hydrogens is 226 g/mol. The van der Waals surface area contributed by atoms with Gasteiger partial charge in [0, 0.05) is 25.3 Å². The first-order chi connectivity index (χ1) is 8.69. The second-order valence-corrected chi connectivity index (χ2v) is 4.14. The number of nitrogens with zero attached hydrogens (tertiary/aromatic N) is 2. The van der Waals surface area contributed by atoms with Gasteiger partial charge in [-0.2, -0.15) is 4.98 Å². The summed E-state index contributed by atoms with van der Waals surface area (Å²) >= 11 is 0. The van der Waals surface area contributed by atoms with Crippen molar-refractivity contribution in [2.24, 2.45) is 0 Å². The van der Waals surface area contributed by atoms with Gasteiger partial charge in [0.2, 0.25) is 5.88 Å². The van der Waals surface area contributed by atoms with E-state index in [0.717, 1.165) is 18.1 Å². The molecule has 94 valence electrons. The first-order valence-electron chi connectivity index (χ1n) is 5.75. The van der Waals surface area contributed by atoms with Crippen LogP contribution >= 0.6 is 0 Å². The highest BCUT2D eigenvalue weighted by Gasteiger charge is 2.04. The number of hydrogen-bond donors (Lipinski definition) is 1. The van der Waals surface area contributed by atoms with Crippen molar-refractivity contribution in [3.05, 3.63) is 48.0 Å². The number of anilines is 2. The van der Waals surface area contributed by atoms with E-state index in [4.69, 9.17) is 10.5 Å². The van der Waals surface area contributed by atoms with Gasteiger partial charge in [0.25, 0.3) is 0 Å². The Morgan fingerprint density at radius 2 is 1.89 bits per heavy atom. The maximum Gasteiger partial charge on any atom is 0.214 e. The second kappa shape index (κ2) is 5.40. The number of ether oxygens (including phenoxy) is 1. The van der Waals surface area contributed by atoms with Crippen molar-refractivity contribution in [3.63, 3.8) is 0 Å². The third-order valence-corrected chi connectivity index (χ3v) is 2.71. The number of aromatic nitrogens is 1. The molecule has 2 N–H and O–H groups in total. The molecule has 2 rings (SSSR count). The third kappa shape index (κ3) is 2.91. The van der Waals surface area contributed by atoms with E-state index in [1.807, 2.05) is 49.5 Å². The molecule has 4 nitrogen and oxygen atoms in total. The molecule has 0 saturated carbocycles. The SMILES string of the molecule is COc1cccc(N(C)Cc2ccc(N)cc2)n1. The van der Waals surface area contributed by atoms with Crippen molar-refractivity contribution in [2.45, 2.75) is 6.54 Å².